The van der Waals surface area contributed by atoms with Gasteiger partial charge in [0.2, 0.25) is 5.91 Å². The Morgan fingerprint density at radius 2 is 2.06 bits per heavy atom. The van der Waals surface area contributed by atoms with Crippen molar-refractivity contribution in [2.75, 3.05) is 20.2 Å². The SMILES string of the molecule is CNC1CCCCC1OCC(=O)NCCC(C)C. The van der Waals surface area contributed by atoms with Crippen molar-refractivity contribution in [1.82, 2.24) is 10.6 Å². The lowest BCUT2D eigenvalue weighted by Gasteiger charge is -2.31. The molecular weight excluding hydrogens is 228 g/mol. The molecule has 0 radical (unpaired) electrons. The lowest BCUT2D eigenvalue weighted by atomic mass is 9.92. The fourth-order valence-corrected chi connectivity index (χ4v) is 2.36. The number of hydrogen-bond acceptors (Lipinski definition) is 3. The molecule has 4 heteroatoms. The predicted molar refractivity (Wildman–Crippen MR) is 73.5 cm³/mol. The van der Waals surface area contributed by atoms with Gasteiger partial charge in [-0.1, -0.05) is 26.7 Å². The molecule has 2 unspecified atom stereocenters. The third kappa shape index (κ3) is 5.83. The van der Waals surface area contributed by atoms with Crippen LogP contribution in [0.25, 0.3) is 0 Å². The van der Waals surface area contributed by atoms with Crippen molar-refractivity contribution in [3.05, 3.63) is 0 Å². The van der Waals surface area contributed by atoms with Crippen LogP contribution in [0.4, 0.5) is 0 Å². The average Bonchev–Trinajstić information content (AvgIpc) is 2.36. The predicted octanol–water partition coefficient (Wildman–Crippen LogP) is 1.70. The minimum absolute atomic E-state index is 0.0103. The normalized spacial score (nSPS) is 24.2. The Labute approximate surface area is 111 Å². The first-order valence-electron chi connectivity index (χ1n) is 7.19. The first-order valence-corrected chi connectivity index (χ1v) is 7.19. The number of hydrogen-bond donors (Lipinski definition) is 2. The zero-order chi connectivity index (χ0) is 13.4. The van der Waals surface area contributed by atoms with Crippen molar-refractivity contribution in [3.8, 4) is 0 Å². The van der Waals surface area contributed by atoms with Crippen LogP contribution in [0.5, 0.6) is 0 Å². The number of ether oxygens (including phenoxy) is 1. The Balaban J connectivity index is 2.16. The highest BCUT2D eigenvalue weighted by Crippen LogP contribution is 2.20. The molecule has 1 rings (SSSR count). The second-order valence-corrected chi connectivity index (χ2v) is 5.56. The second-order valence-electron chi connectivity index (χ2n) is 5.56. The van der Waals surface area contributed by atoms with Gasteiger partial charge in [0.25, 0.3) is 0 Å². The molecule has 1 aliphatic carbocycles. The van der Waals surface area contributed by atoms with E-state index in [1.54, 1.807) is 0 Å². The lowest BCUT2D eigenvalue weighted by molar-refractivity contribution is -0.129. The van der Waals surface area contributed by atoms with Crippen LogP contribution in [0.2, 0.25) is 0 Å². The summed E-state index contributed by atoms with van der Waals surface area (Å²) in [5.74, 6) is 0.634. The van der Waals surface area contributed by atoms with Crippen molar-refractivity contribution < 1.29 is 9.53 Å². The average molecular weight is 256 g/mol. The van der Waals surface area contributed by atoms with Gasteiger partial charge in [0.15, 0.2) is 0 Å². The fraction of sp³-hybridized carbons (Fsp3) is 0.929. The fourth-order valence-electron chi connectivity index (χ4n) is 2.36. The number of carbonyl (C=O) groups excluding carboxylic acids is 1. The number of amides is 1. The highest BCUT2D eigenvalue weighted by molar-refractivity contribution is 5.77. The quantitative estimate of drug-likeness (QED) is 0.729. The number of likely N-dealkylation sites (N-methyl/N-ethyl adjacent to an activating group) is 1. The molecule has 0 aromatic rings. The van der Waals surface area contributed by atoms with Crippen molar-refractivity contribution in [2.45, 2.75) is 58.1 Å². The maximum Gasteiger partial charge on any atom is 0.246 e. The number of nitrogens with one attached hydrogen (secondary N) is 2. The second kappa shape index (κ2) is 8.48. The van der Waals surface area contributed by atoms with Crippen molar-refractivity contribution in [2.24, 2.45) is 5.92 Å². The highest BCUT2D eigenvalue weighted by atomic mass is 16.5. The molecule has 0 aromatic heterocycles. The molecule has 1 aliphatic rings. The minimum Gasteiger partial charge on any atom is -0.367 e. The summed E-state index contributed by atoms with van der Waals surface area (Å²) in [6.45, 7) is 5.26. The largest absolute Gasteiger partial charge is 0.367 e. The van der Waals surface area contributed by atoms with Gasteiger partial charge in [0.05, 0.1) is 6.10 Å². The van der Waals surface area contributed by atoms with Crippen molar-refractivity contribution in [1.29, 1.82) is 0 Å². The van der Waals surface area contributed by atoms with E-state index < -0.39 is 0 Å². The van der Waals surface area contributed by atoms with E-state index in [0.29, 0.717) is 12.0 Å². The molecule has 1 saturated carbocycles. The topological polar surface area (TPSA) is 50.4 Å². The van der Waals surface area contributed by atoms with Gasteiger partial charge >= 0.3 is 0 Å². The number of rotatable bonds is 7. The molecule has 106 valence electrons. The molecular formula is C14H28N2O2. The molecule has 0 aromatic carbocycles. The maximum atomic E-state index is 11.6. The van der Waals surface area contributed by atoms with E-state index in [2.05, 4.69) is 24.5 Å². The van der Waals surface area contributed by atoms with Crippen molar-refractivity contribution in [3.63, 3.8) is 0 Å². The Hall–Kier alpha value is -0.610. The Bertz CT molecular complexity index is 244. The summed E-state index contributed by atoms with van der Waals surface area (Å²) in [7, 11) is 1.97. The lowest BCUT2D eigenvalue weighted by Crippen LogP contribution is -2.43. The summed E-state index contributed by atoms with van der Waals surface area (Å²) in [4.78, 5) is 11.6. The molecule has 0 aliphatic heterocycles. The summed E-state index contributed by atoms with van der Waals surface area (Å²) in [6.07, 6.45) is 5.89. The van der Waals surface area contributed by atoms with Gasteiger partial charge < -0.3 is 15.4 Å². The van der Waals surface area contributed by atoms with Crippen LogP contribution < -0.4 is 10.6 Å². The molecule has 2 atom stereocenters. The Morgan fingerprint density at radius 1 is 1.33 bits per heavy atom. The highest BCUT2D eigenvalue weighted by Gasteiger charge is 2.24. The number of carbonyl (C=O) groups is 1. The van der Waals surface area contributed by atoms with E-state index in [4.69, 9.17) is 4.74 Å². The van der Waals surface area contributed by atoms with E-state index in [0.717, 1.165) is 25.8 Å². The molecule has 0 heterocycles. The minimum atomic E-state index is 0.0103. The maximum absolute atomic E-state index is 11.6. The third-order valence-corrected chi connectivity index (χ3v) is 3.55. The molecule has 2 N–H and O–H groups in total. The Morgan fingerprint density at radius 3 is 2.72 bits per heavy atom. The third-order valence-electron chi connectivity index (χ3n) is 3.55. The zero-order valence-electron chi connectivity index (χ0n) is 12.0. The summed E-state index contributed by atoms with van der Waals surface area (Å²) in [6, 6.07) is 0.405. The molecule has 1 fully saturated rings. The van der Waals surface area contributed by atoms with E-state index in [9.17, 15) is 4.79 Å². The van der Waals surface area contributed by atoms with Crippen LogP contribution in [0.1, 0.15) is 46.0 Å². The zero-order valence-corrected chi connectivity index (χ0v) is 12.0. The van der Waals surface area contributed by atoms with Crippen LogP contribution >= 0.6 is 0 Å². The van der Waals surface area contributed by atoms with E-state index in [1.807, 2.05) is 7.05 Å². The van der Waals surface area contributed by atoms with Crippen LogP contribution in [0.15, 0.2) is 0 Å². The summed E-state index contributed by atoms with van der Waals surface area (Å²) in [5.41, 5.74) is 0. The molecule has 0 saturated heterocycles. The van der Waals surface area contributed by atoms with E-state index in [1.165, 1.54) is 12.8 Å². The van der Waals surface area contributed by atoms with Gasteiger partial charge in [-0.05, 0) is 32.2 Å². The first kappa shape index (κ1) is 15.4. The van der Waals surface area contributed by atoms with E-state index in [-0.39, 0.29) is 18.6 Å². The molecule has 4 nitrogen and oxygen atoms in total. The van der Waals surface area contributed by atoms with Crippen LogP contribution in [0.3, 0.4) is 0 Å². The van der Waals surface area contributed by atoms with Crippen LogP contribution in [-0.2, 0) is 9.53 Å². The van der Waals surface area contributed by atoms with Gasteiger partial charge in [-0.15, -0.1) is 0 Å². The Kier molecular flexibility index (Phi) is 7.28. The summed E-state index contributed by atoms with van der Waals surface area (Å²) in [5, 5.41) is 6.18. The van der Waals surface area contributed by atoms with Gasteiger partial charge in [-0.2, -0.15) is 0 Å². The molecule has 18 heavy (non-hydrogen) atoms. The smallest absolute Gasteiger partial charge is 0.246 e. The van der Waals surface area contributed by atoms with Crippen LogP contribution in [0, 0.1) is 5.92 Å². The van der Waals surface area contributed by atoms with Gasteiger partial charge in [-0.25, -0.2) is 0 Å². The van der Waals surface area contributed by atoms with Gasteiger partial charge in [-0.3, -0.25) is 4.79 Å². The van der Waals surface area contributed by atoms with Crippen LogP contribution in [-0.4, -0.2) is 38.3 Å². The van der Waals surface area contributed by atoms with Crippen molar-refractivity contribution >= 4 is 5.91 Å². The monoisotopic (exact) mass is 256 g/mol. The molecule has 1 amide bonds. The standard InChI is InChI=1S/C14H28N2O2/c1-11(2)8-9-16-14(17)10-18-13-7-5-4-6-12(13)15-3/h11-13,15H,4-10H2,1-3H3,(H,16,17). The molecule has 0 bridgehead atoms. The van der Waals surface area contributed by atoms with Gasteiger partial charge in [0.1, 0.15) is 6.61 Å². The summed E-state index contributed by atoms with van der Waals surface area (Å²) < 4.78 is 5.73. The molecule has 0 spiro atoms. The van der Waals surface area contributed by atoms with Gasteiger partial charge in [0, 0.05) is 12.6 Å². The first-order chi connectivity index (χ1) is 8.63. The summed E-state index contributed by atoms with van der Waals surface area (Å²) >= 11 is 0. The van der Waals surface area contributed by atoms with E-state index >= 15 is 0 Å².